The molecular formula is C14H17F2NO4. The van der Waals surface area contributed by atoms with Crippen LogP contribution in [0.15, 0.2) is 18.2 Å². The Hall–Kier alpha value is -2.18. The zero-order chi connectivity index (χ0) is 16.2. The predicted octanol–water partition coefficient (Wildman–Crippen LogP) is 2.70. The molecule has 21 heavy (non-hydrogen) atoms. The van der Waals surface area contributed by atoms with Crippen LogP contribution in [-0.2, 0) is 14.3 Å². The maximum atomic E-state index is 13.2. The van der Waals surface area contributed by atoms with Crippen molar-refractivity contribution >= 4 is 12.1 Å². The molecule has 0 saturated heterocycles. The summed E-state index contributed by atoms with van der Waals surface area (Å²) in [6.07, 6.45) is -0.900. The number of hydrogen-bond acceptors (Lipinski definition) is 4. The van der Waals surface area contributed by atoms with E-state index in [2.05, 4.69) is 10.1 Å². The van der Waals surface area contributed by atoms with E-state index in [9.17, 15) is 18.4 Å². The molecule has 0 spiro atoms. The molecule has 0 radical (unpaired) electrons. The topological polar surface area (TPSA) is 64.6 Å². The van der Waals surface area contributed by atoms with Gasteiger partial charge in [0.1, 0.15) is 17.2 Å². The van der Waals surface area contributed by atoms with Gasteiger partial charge in [0, 0.05) is 6.07 Å². The molecule has 1 N–H and O–H groups in total. The molecule has 7 heteroatoms. The van der Waals surface area contributed by atoms with Crippen molar-refractivity contribution in [1.82, 2.24) is 5.32 Å². The van der Waals surface area contributed by atoms with Gasteiger partial charge >= 0.3 is 12.1 Å². The number of alkyl carbamates (subject to hydrolysis) is 1. The van der Waals surface area contributed by atoms with Crippen molar-refractivity contribution in [2.24, 2.45) is 0 Å². The summed E-state index contributed by atoms with van der Waals surface area (Å²) in [4.78, 5) is 23.4. The van der Waals surface area contributed by atoms with Crippen LogP contribution in [0.4, 0.5) is 13.6 Å². The number of halogens is 2. The lowest BCUT2D eigenvalue weighted by molar-refractivity contribution is -0.143. The Morgan fingerprint density at radius 1 is 1.14 bits per heavy atom. The quantitative estimate of drug-likeness (QED) is 0.872. The van der Waals surface area contributed by atoms with Gasteiger partial charge in [-0.05, 0) is 38.5 Å². The Kier molecular flexibility index (Phi) is 5.23. The normalized spacial score (nSPS) is 12.5. The van der Waals surface area contributed by atoms with Gasteiger partial charge in [0.15, 0.2) is 6.04 Å². The number of ether oxygens (including phenoxy) is 2. The van der Waals surface area contributed by atoms with E-state index in [4.69, 9.17) is 4.74 Å². The Morgan fingerprint density at radius 2 is 1.67 bits per heavy atom. The summed E-state index contributed by atoms with van der Waals surface area (Å²) in [5.74, 6) is -2.61. The molecule has 1 aromatic rings. The van der Waals surface area contributed by atoms with Crippen molar-refractivity contribution in [3.8, 4) is 0 Å². The Balaban J connectivity index is 3.01. The summed E-state index contributed by atoms with van der Waals surface area (Å²) < 4.78 is 36.0. The van der Waals surface area contributed by atoms with Crippen molar-refractivity contribution in [1.29, 1.82) is 0 Å². The third-order valence-corrected chi connectivity index (χ3v) is 2.32. The SMILES string of the molecule is COC(=O)[C@H](NC(=O)OC(C)(C)C)c1cc(F)cc(F)c1. The second-order valence-electron chi connectivity index (χ2n) is 5.31. The van der Waals surface area contributed by atoms with Gasteiger partial charge in [0.05, 0.1) is 7.11 Å². The minimum Gasteiger partial charge on any atom is -0.467 e. The third kappa shape index (κ3) is 5.37. The van der Waals surface area contributed by atoms with Crippen LogP contribution in [0.3, 0.4) is 0 Å². The van der Waals surface area contributed by atoms with Crippen molar-refractivity contribution < 1.29 is 27.8 Å². The highest BCUT2D eigenvalue weighted by Crippen LogP contribution is 2.19. The number of esters is 1. The average Bonchev–Trinajstić information content (AvgIpc) is 2.31. The molecule has 0 aromatic heterocycles. The highest BCUT2D eigenvalue weighted by atomic mass is 19.1. The highest BCUT2D eigenvalue weighted by molar-refractivity contribution is 5.82. The summed E-state index contributed by atoms with van der Waals surface area (Å²) >= 11 is 0. The molecule has 0 saturated carbocycles. The molecule has 0 aliphatic rings. The van der Waals surface area contributed by atoms with E-state index in [0.717, 1.165) is 19.2 Å². The fraction of sp³-hybridized carbons (Fsp3) is 0.429. The van der Waals surface area contributed by atoms with Crippen LogP contribution in [0, 0.1) is 11.6 Å². The molecule has 116 valence electrons. The largest absolute Gasteiger partial charge is 0.467 e. The van der Waals surface area contributed by atoms with Gasteiger partial charge in [-0.25, -0.2) is 18.4 Å². The van der Waals surface area contributed by atoms with Crippen LogP contribution in [-0.4, -0.2) is 24.8 Å². The number of amides is 1. The second kappa shape index (κ2) is 6.51. The molecule has 0 unspecified atom stereocenters. The molecule has 1 amide bonds. The first-order valence-electron chi connectivity index (χ1n) is 6.15. The second-order valence-corrected chi connectivity index (χ2v) is 5.31. The van der Waals surface area contributed by atoms with E-state index in [1.165, 1.54) is 0 Å². The lowest BCUT2D eigenvalue weighted by atomic mass is 10.1. The number of rotatable bonds is 3. The minimum atomic E-state index is -1.37. The molecule has 1 atom stereocenters. The molecule has 5 nitrogen and oxygen atoms in total. The maximum absolute atomic E-state index is 13.2. The minimum absolute atomic E-state index is 0.0785. The molecule has 0 fully saturated rings. The number of carbonyl (C=O) groups excluding carboxylic acids is 2. The lowest BCUT2D eigenvalue weighted by Crippen LogP contribution is -2.38. The van der Waals surface area contributed by atoms with Crippen LogP contribution in [0.1, 0.15) is 32.4 Å². The van der Waals surface area contributed by atoms with Crippen molar-refractivity contribution in [3.05, 3.63) is 35.4 Å². The van der Waals surface area contributed by atoms with E-state index in [1.807, 2.05) is 0 Å². The van der Waals surface area contributed by atoms with Gasteiger partial charge in [-0.2, -0.15) is 0 Å². The summed E-state index contributed by atoms with van der Waals surface area (Å²) in [6, 6.07) is 1.16. The zero-order valence-corrected chi connectivity index (χ0v) is 12.2. The Labute approximate surface area is 121 Å². The van der Waals surface area contributed by atoms with Crippen molar-refractivity contribution in [2.45, 2.75) is 32.4 Å². The maximum Gasteiger partial charge on any atom is 0.408 e. The highest BCUT2D eigenvalue weighted by Gasteiger charge is 2.27. The molecule has 0 heterocycles. The first kappa shape index (κ1) is 16.9. The van der Waals surface area contributed by atoms with Crippen molar-refractivity contribution in [3.63, 3.8) is 0 Å². The summed E-state index contributed by atoms with van der Waals surface area (Å²) in [7, 11) is 1.10. The van der Waals surface area contributed by atoms with E-state index in [-0.39, 0.29) is 5.56 Å². The molecule has 0 aliphatic carbocycles. The summed E-state index contributed by atoms with van der Waals surface area (Å²) in [6.45, 7) is 4.92. The molecule has 0 aliphatic heterocycles. The Morgan fingerprint density at radius 3 is 2.10 bits per heavy atom. The van der Waals surface area contributed by atoms with Gasteiger partial charge in [-0.15, -0.1) is 0 Å². The average molecular weight is 301 g/mol. The van der Waals surface area contributed by atoms with Gasteiger partial charge in [0.2, 0.25) is 0 Å². The van der Waals surface area contributed by atoms with Crippen LogP contribution in [0.5, 0.6) is 0 Å². The van der Waals surface area contributed by atoms with Gasteiger partial charge < -0.3 is 14.8 Å². The van der Waals surface area contributed by atoms with E-state index in [0.29, 0.717) is 6.07 Å². The van der Waals surface area contributed by atoms with E-state index < -0.39 is 35.3 Å². The van der Waals surface area contributed by atoms with Crippen LogP contribution < -0.4 is 5.32 Å². The monoisotopic (exact) mass is 301 g/mol. The molecule has 0 bridgehead atoms. The predicted molar refractivity (Wildman–Crippen MR) is 70.5 cm³/mol. The molecule has 1 rings (SSSR count). The Bertz CT molecular complexity index is 520. The van der Waals surface area contributed by atoms with Crippen LogP contribution >= 0.6 is 0 Å². The molecular weight excluding hydrogens is 284 g/mol. The van der Waals surface area contributed by atoms with Crippen LogP contribution in [0.2, 0.25) is 0 Å². The van der Waals surface area contributed by atoms with E-state index >= 15 is 0 Å². The first-order valence-corrected chi connectivity index (χ1v) is 6.15. The number of hydrogen-bond donors (Lipinski definition) is 1. The number of benzene rings is 1. The standard InChI is InChI=1S/C14H17F2NO4/c1-14(2,3)21-13(19)17-11(12(18)20-4)8-5-9(15)7-10(16)6-8/h5-7,11H,1-4H3,(H,17,19)/t11-/m1/s1. The fourth-order valence-electron chi connectivity index (χ4n) is 1.56. The smallest absolute Gasteiger partial charge is 0.408 e. The van der Waals surface area contributed by atoms with Gasteiger partial charge in [-0.1, -0.05) is 0 Å². The lowest BCUT2D eigenvalue weighted by Gasteiger charge is -2.22. The van der Waals surface area contributed by atoms with E-state index in [1.54, 1.807) is 20.8 Å². The zero-order valence-electron chi connectivity index (χ0n) is 12.2. The first-order chi connectivity index (χ1) is 9.62. The fourth-order valence-corrected chi connectivity index (χ4v) is 1.56. The number of methoxy groups -OCH3 is 1. The summed E-state index contributed by atoms with van der Waals surface area (Å²) in [5.41, 5.74) is -0.858. The van der Waals surface area contributed by atoms with Crippen LogP contribution in [0.25, 0.3) is 0 Å². The van der Waals surface area contributed by atoms with Gasteiger partial charge in [0.25, 0.3) is 0 Å². The number of nitrogens with one attached hydrogen (secondary N) is 1. The third-order valence-electron chi connectivity index (χ3n) is 2.32. The van der Waals surface area contributed by atoms with Crippen molar-refractivity contribution in [2.75, 3.05) is 7.11 Å². The molecule has 1 aromatic carbocycles. The van der Waals surface area contributed by atoms with Gasteiger partial charge in [-0.3, -0.25) is 0 Å². The number of carbonyl (C=O) groups is 2. The summed E-state index contributed by atoms with van der Waals surface area (Å²) in [5, 5.41) is 2.23.